The van der Waals surface area contributed by atoms with Gasteiger partial charge >= 0.3 is 0 Å². The van der Waals surface area contributed by atoms with E-state index >= 15 is 0 Å². The minimum Gasteiger partial charge on any atom is -0.339 e. The normalized spacial score (nSPS) is 18.1. The summed E-state index contributed by atoms with van der Waals surface area (Å²) >= 11 is 0. The number of hydrogen-bond acceptors (Lipinski definition) is 6. The Bertz CT molecular complexity index is 548. The molecule has 106 valence electrons. The molecule has 1 aliphatic rings. The third kappa shape index (κ3) is 2.70. The first-order valence-electron chi connectivity index (χ1n) is 7.10. The molecule has 0 atom stereocenters. The fraction of sp³-hybridized carbons (Fsp3) is 0.571. The van der Waals surface area contributed by atoms with Gasteiger partial charge in [0.1, 0.15) is 0 Å². The van der Waals surface area contributed by atoms with E-state index in [-0.39, 0.29) is 5.54 Å². The molecule has 20 heavy (non-hydrogen) atoms. The quantitative estimate of drug-likeness (QED) is 0.918. The van der Waals surface area contributed by atoms with Crippen molar-refractivity contribution >= 4 is 0 Å². The van der Waals surface area contributed by atoms with Crippen molar-refractivity contribution in [3.05, 3.63) is 24.4 Å². The smallest absolute Gasteiger partial charge is 0.240 e. The van der Waals surface area contributed by atoms with Crippen molar-refractivity contribution in [2.24, 2.45) is 0 Å². The minimum atomic E-state index is 0.0968. The SMILES string of the molecule is CNC1(Cc2nc(-c3ncccn3)no2)CCCCC1. The average molecular weight is 273 g/mol. The van der Waals surface area contributed by atoms with Crippen LogP contribution >= 0.6 is 0 Å². The van der Waals surface area contributed by atoms with Crippen LogP contribution in [0.1, 0.15) is 38.0 Å². The summed E-state index contributed by atoms with van der Waals surface area (Å²) in [6, 6.07) is 1.77. The van der Waals surface area contributed by atoms with Gasteiger partial charge in [-0.15, -0.1) is 0 Å². The van der Waals surface area contributed by atoms with Crippen molar-refractivity contribution in [3.8, 4) is 11.6 Å². The largest absolute Gasteiger partial charge is 0.339 e. The maximum Gasteiger partial charge on any atom is 0.240 e. The van der Waals surface area contributed by atoms with Crippen LogP contribution in [0.5, 0.6) is 0 Å². The highest BCUT2D eigenvalue weighted by Gasteiger charge is 2.32. The van der Waals surface area contributed by atoms with Gasteiger partial charge in [0.15, 0.2) is 0 Å². The van der Waals surface area contributed by atoms with Crippen molar-refractivity contribution in [2.75, 3.05) is 7.05 Å². The number of aromatic nitrogens is 4. The van der Waals surface area contributed by atoms with E-state index in [0.717, 1.165) is 19.3 Å². The molecule has 1 saturated carbocycles. The molecule has 1 aliphatic carbocycles. The van der Waals surface area contributed by atoms with Crippen LogP contribution in [0, 0.1) is 0 Å². The second kappa shape index (κ2) is 5.66. The van der Waals surface area contributed by atoms with E-state index in [1.165, 1.54) is 19.3 Å². The molecule has 0 aliphatic heterocycles. The molecular weight excluding hydrogens is 254 g/mol. The summed E-state index contributed by atoms with van der Waals surface area (Å²) < 4.78 is 5.37. The first-order valence-corrected chi connectivity index (χ1v) is 7.10. The maximum absolute atomic E-state index is 5.37. The van der Waals surface area contributed by atoms with E-state index in [2.05, 4.69) is 25.4 Å². The van der Waals surface area contributed by atoms with Crippen molar-refractivity contribution in [3.63, 3.8) is 0 Å². The van der Waals surface area contributed by atoms with Gasteiger partial charge in [-0.25, -0.2) is 9.97 Å². The Kier molecular flexibility index (Phi) is 3.73. The van der Waals surface area contributed by atoms with Crippen molar-refractivity contribution in [1.29, 1.82) is 0 Å². The highest BCUT2D eigenvalue weighted by Crippen LogP contribution is 2.30. The van der Waals surface area contributed by atoms with Crippen LogP contribution in [0.3, 0.4) is 0 Å². The second-order valence-corrected chi connectivity index (χ2v) is 5.35. The molecule has 2 heterocycles. The molecule has 6 nitrogen and oxygen atoms in total. The van der Waals surface area contributed by atoms with Gasteiger partial charge in [-0.3, -0.25) is 0 Å². The Morgan fingerprint density at radius 3 is 2.60 bits per heavy atom. The van der Waals surface area contributed by atoms with Gasteiger partial charge in [0.25, 0.3) is 0 Å². The summed E-state index contributed by atoms with van der Waals surface area (Å²) in [5.41, 5.74) is 0.0968. The molecule has 2 aromatic heterocycles. The molecule has 1 N–H and O–H groups in total. The minimum absolute atomic E-state index is 0.0968. The van der Waals surface area contributed by atoms with Gasteiger partial charge in [0.2, 0.25) is 17.5 Å². The highest BCUT2D eigenvalue weighted by molar-refractivity contribution is 5.40. The monoisotopic (exact) mass is 273 g/mol. The molecule has 2 aromatic rings. The topological polar surface area (TPSA) is 76.7 Å². The number of nitrogens with zero attached hydrogens (tertiary/aromatic N) is 4. The predicted octanol–water partition coefficient (Wildman–Crippen LogP) is 1.99. The number of likely N-dealkylation sites (N-methyl/N-ethyl adjacent to an activating group) is 1. The number of hydrogen-bond donors (Lipinski definition) is 1. The van der Waals surface area contributed by atoms with Crippen LogP contribution in [0.25, 0.3) is 11.6 Å². The summed E-state index contributed by atoms with van der Waals surface area (Å²) in [6.07, 6.45) is 10.3. The predicted molar refractivity (Wildman–Crippen MR) is 73.9 cm³/mol. The van der Waals surface area contributed by atoms with Crippen molar-refractivity contribution < 1.29 is 4.52 Å². The number of nitrogens with one attached hydrogen (secondary N) is 1. The van der Waals surface area contributed by atoms with E-state index in [4.69, 9.17) is 4.52 Å². The zero-order valence-corrected chi connectivity index (χ0v) is 11.7. The van der Waals surface area contributed by atoms with E-state index < -0.39 is 0 Å². The van der Waals surface area contributed by atoms with E-state index in [0.29, 0.717) is 17.5 Å². The summed E-state index contributed by atoms with van der Waals surface area (Å²) in [4.78, 5) is 12.7. The van der Waals surface area contributed by atoms with Crippen LogP contribution < -0.4 is 5.32 Å². The average Bonchev–Trinajstić information content (AvgIpc) is 2.97. The van der Waals surface area contributed by atoms with E-state index in [1.54, 1.807) is 18.5 Å². The molecule has 1 fully saturated rings. The van der Waals surface area contributed by atoms with Crippen LogP contribution in [-0.2, 0) is 6.42 Å². The lowest BCUT2D eigenvalue weighted by atomic mass is 9.79. The molecule has 6 heteroatoms. The fourth-order valence-electron chi connectivity index (χ4n) is 2.87. The van der Waals surface area contributed by atoms with Crippen LogP contribution in [0.4, 0.5) is 0 Å². The zero-order chi connectivity index (χ0) is 13.8. The summed E-state index contributed by atoms with van der Waals surface area (Å²) in [6.45, 7) is 0. The number of rotatable bonds is 4. The third-order valence-corrected chi connectivity index (χ3v) is 4.06. The molecule has 0 bridgehead atoms. The maximum atomic E-state index is 5.37. The van der Waals surface area contributed by atoms with E-state index in [1.807, 2.05) is 7.05 Å². The molecule has 0 saturated heterocycles. The van der Waals surface area contributed by atoms with Gasteiger partial charge in [-0.05, 0) is 26.0 Å². The molecule has 0 unspecified atom stereocenters. The Balaban J connectivity index is 1.77. The third-order valence-electron chi connectivity index (χ3n) is 4.06. The van der Waals surface area contributed by atoms with Crippen molar-refractivity contribution in [2.45, 2.75) is 44.1 Å². The Labute approximate surface area is 118 Å². The van der Waals surface area contributed by atoms with E-state index in [9.17, 15) is 0 Å². The molecule has 3 rings (SSSR count). The first kappa shape index (κ1) is 13.2. The molecule has 0 radical (unpaired) electrons. The van der Waals surface area contributed by atoms with Crippen LogP contribution in [0.2, 0.25) is 0 Å². The standard InChI is InChI=1S/C14H19N5O/c1-15-14(6-3-2-4-7-14)10-11-18-13(19-20-11)12-16-8-5-9-17-12/h5,8-9,15H,2-4,6-7,10H2,1H3. The van der Waals surface area contributed by atoms with Crippen LogP contribution in [0.15, 0.2) is 23.0 Å². The van der Waals surface area contributed by atoms with Crippen molar-refractivity contribution in [1.82, 2.24) is 25.4 Å². The lowest BCUT2D eigenvalue weighted by Crippen LogP contribution is -2.46. The highest BCUT2D eigenvalue weighted by atomic mass is 16.5. The van der Waals surface area contributed by atoms with Gasteiger partial charge in [-0.1, -0.05) is 24.4 Å². The van der Waals surface area contributed by atoms with Gasteiger partial charge in [0.05, 0.1) is 0 Å². The van der Waals surface area contributed by atoms with Gasteiger partial charge in [-0.2, -0.15) is 4.98 Å². The van der Waals surface area contributed by atoms with Gasteiger partial charge in [0, 0.05) is 24.4 Å². The summed E-state index contributed by atoms with van der Waals surface area (Å²) in [7, 11) is 2.02. The van der Waals surface area contributed by atoms with Crippen LogP contribution in [-0.4, -0.2) is 32.7 Å². The Hall–Kier alpha value is -1.82. The summed E-state index contributed by atoms with van der Waals surface area (Å²) in [5, 5.41) is 7.43. The second-order valence-electron chi connectivity index (χ2n) is 5.35. The van der Waals surface area contributed by atoms with Gasteiger partial charge < -0.3 is 9.84 Å². The molecule has 0 amide bonds. The molecule has 0 spiro atoms. The molecule has 0 aromatic carbocycles. The zero-order valence-electron chi connectivity index (χ0n) is 11.7. The summed E-state index contributed by atoms with van der Waals surface area (Å²) in [5.74, 6) is 1.62. The Morgan fingerprint density at radius 1 is 1.15 bits per heavy atom. The fourth-order valence-corrected chi connectivity index (χ4v) is 2.87. The molecular formula is C14H19N5O. The Morgan fingerprint density at radius 2 is 1.90 bits per heavy atom. The lowest BCUT2D eigenvalue weighted by Gasteiger charge is -2.36. The lowest BCUT2D eigenvalue weighted by molar-refractivity contribution is 0.221. The first-order chi connectivity index (χ1) is 9.81.